The van der Waals surface area contributed by atoms with Crippen LogP contribution in [0.3, 0.4) is 0 Å². The third-order valence-electron chi connectivity index (χ3n) is 8.52. The fraction of sp³-hybridized carbons (Fsp3) is 0.733. The molecule has 0 unspecified atom stereocenters. The lowest BCUT2D eigenvalue weighted by atomic mass is 9.74. The SMILES string of the molecule is CCCCCN1C/C=C\CCC(=O)NC[C@@H](C)OC(=O)[C@@H]2[C@H]3O[C@@]4(C=C3Br)[C@H](C1=O)N(CCCCCCO)C(=O)[C@@H]24. The molecule has 0 aromatic heterocycles. The largest absolute Gasteiger partial charge is 0.460 e. The van der Waals surface area contributed by atoms with Crippen LogP contribution in [0.15, 0.2) is 22.7 Å². The first-order valence-electron chi connectivity index (χ1n) is 15.1. The summed E-state index contributed by atoms with van der Waals surface area (Å²) in [4.78, 5) is 57.9. The number of hydrogen-bond acceptors (Lipinski definition) is 7. The van der Waals surface area contributed by atoms with Crippen LogP contribution in [0.4, 0.5) is 0 Å². The second-order valence-corrected chi connectivity index (χ2v) is 12.5. The number of esters is 1. The number of halogens is 1. The van der Waals surface area contributed by atoms with Crippen LogP contribution in [-0.4, -0.2) is 95.2 Å². The second-order valence-electron chi connectivity index (χ2n) is 11.5. The number of amides is 3. The molecule has 0 aliphatic carbocycles. The normalized spacial score (nSPS) is 33.1. The summed E-state index contributed by atoms with van der Waals surface area (Å²) in [5, 5.41) is 12.0. The Morgan fingerprint density at radius 3 is 2.56 bits per heavy atom. The van der Waals surface area contributed by atoms with Gasteiger partial charge in [-0.2, -0.15) is 0 Å². The van der Waals surface area contributed by atoms with Gasteiger partial charge < -0.3 is 29.7 Å². The van der Waals surface area contributed by atoms with Crippen LogP contribution < -0.4 is 5.32 Å². The molecular weight excluding hydrogens is 594 g/mol. The fourth-order valence-electron chi connectivity index (χ4n) is 6.47. The molecule has 2 N–H and O–H groups in total. The maximum absolute atomic E-state index is 14.5. The number of fused-ring (bicyclic) bond motifs is 2. The molecule has 11 heteroatoms. The summed E-state index contributed by atoms with van der Waals surface area (Å²) < 4.78 is 12.9. The average molecular weight is 639 g/mol. The lowest BCUT2D eigenvalue weighted by Gasteiger charge is -2.36. The number of aliphatic hydroxyl groups is 1. The van der Waals surface area contributed by atoms with Crippen molar-refractivity contribution in [2.75, 3.05) is 32.8 Å². The van der Waals surface area contributed by atoms with Crippen molar-refractivity contribution in [1.82, 2.24) is 15.1 Å². The minimum atomic E-state index is -1.27. The van der Waals surface area contributed by atoms with Gasteiger partial charge in [0.25, 0.3) is 0 Å². The lowest BCUT2D eigenvalue weighted by Crippen LogP contribution is -2.56. The van der Waals surface area contributed by atoms with Crippen LogP contribution in [-0.2, 0) is 28.7 Å². The highest BCUT2D eigenvalue weighted by atomic mass is 79.9. The molecule has 10 nitrogen and oxygen atoms in total. The highest BCUT2D eigenvalue weighted by Crippen LogP contribution is 2.58. The molecule has 228 valence electrons. The first-order chi connectivity index (χ1) is 19.7. The second kappa shape index (κ2) is 14.3. The van der Waals surface area contributed by atoms with Gasteiger partial charge in [-0.15, -0.1) is 0 Å². The van der Waals surface area contributed by atoms with E-state index in [9.17, 15) is 19.2 Å². The van der Waals surface area contributed by atoms with E-state index in [0.717, 1.165) is 32.1 Å². The van der Waals surface area contributed by atoms with E-state index < -0.39 is 41.7 Å². The Bertz CT molecular complexity index is 1050. The monoisotopic (exact) mass is 637 g/mol. The van der Waals surface area contributed by atoms with Gasteiger partial charge in [-0.25, -0.2) is 0 Å². The average Bonchev–Trinajstić information content (AvgIpc) is 3.53. The van der Waals surface area contributed by atoms with Crippen molar-refractivity contribution in [3.05, 3.63) is 22.7 Å². The van der Waals surface area contributed by atoms with E-state index in [1.165, 1.54) is 0 Å². The van der Waals surface area contributed by atoms with Gasteiger partial charge in [0.15, 0.2) is 0 Å². The highest BCUT2D eigenvalue weighted by Gasteiger charge is 2.74. The predicted octanol–water partition coefficient (Wildman–Crippen LogP) is 2.83. The van der Waals surface area contributed by atoms with Crippen molar-refractivity contribution in [3.8, 4) is 0 Å². The highest BCUT2D eigenvalue weighted by molar-refractivity contribution is 9.11. The molecule has 4 rings (SSSR count). The van der Waals surface area contributed by atoms with E-state index in [-0.39, 0.29) is 30.9 Å². The summed E-state index contributed by atoms with van der Waals surface area (Å²) in [6.45, 7) is 5.35. The van der Waals surface area contributed by atoms with Crippen LogP contribution in [0.25, 0.3) is 0 Å². The number of nitrogens with zero attached hydrogens (tertiary/aromatic N) is 2. The van der Waals surface area contributed by atoms with Crippen LogP contribution in [0.5, 0.6) is 0 Å². The van der Waals surface area contributed by atoms with Gasteiger partial charge in [0.05, 0.1) is 12.5 Å². The number of allylic oxidation sites excluding steroid dienone is 1. The van der Waals surface area contributed by atoms with Gasteiger partial charge in [-0.1, -0.05) is 60.7 Å². The number of rotatable bonds is 10. The number of likely N-dealkylation sites (tertiary alicyclic amines) is 1. The molecule has 4 aliphatic rings. The minimum Gasteiger partial charge on any atom is -0.460 e. The van der Waals surface area contributed by atoms with E-state index in [4.69, 9.17) is 14.6 Å². The number of carbonyl (C=O) groups excluding carboxylic acids is 4. The minimum absolute atomic E-state index is 0.120. The number of unbranched alkanes of at least 4 members (excludes halogenated alkanes) is 5. The van der Waals surface area contributed by atoms with E-state index >= 15 is 0 Å². The van der Waals surface area contributed by atoms with Crippen molar-refractivity contribution < 1.29 is 33.8 Å². The molecule has 3 amide bonds. The van der Waals surface area contributed by atoms with Gasteiger partial charge in [-0.05, 0) is 38.7 Å². The lowest BCUT2D eigenvalue weighted by molar-refractivity contribution is -0.158. The Hall–Kier alpha value is -2.24. The zero-order valence-corrected chi connectivity index (χ0v) is 25.8. The summed E-state index contributed by atoms with van der Waals surface area (Å²) in [6.07, 6.45) is 11.0. The van der Waals surface area contributed by atoms with Crippen LogP contribution in [0.2, 0.25) is 0 Å². The van der Waals surface area contributed by atoms with Crippen molar-refractivity contribution in [2.45, 2.75) is 95.5 Å². The maximum atomic E-state index is 14.5. The number of ether oxygens (including phenoxy) is 2. The Balaban J connectivity index is 1.71. The molecule has 0 saturated carbocycles. The molecule has 0 radical (unpaired) electrons. The molecule has 2 saturated heterocycles. The van der Waals surface area contributed by atoms with Crippen molar-refractivity contribution in [2.24, 2.45) is 11.8 Å². The predicted molar refractivity (Wildman–Crippen MR) is 156 cm³/mol. The maximum Gasteiger partial charge on any atom is 0.313 e. The summed E-state index contributed by atoms with van der Waals surface area (Å²) in [6, 6.07) is -0.903. The van der Waals surface area contributed by atoms with Gasteiger partial charge in [0, 0.05) is 37.1 Å². The third-order valence-corrected chi connectivity index (χ3v) is 9.20. The molecule has 2 fully saturated rings. The summed E-state index contributed by atoms with van der Waals surface area (Å²) >= 11 is 3.57. The topological polar surface area (TPSA) is 125 Å². The van der Waals surface area contributed by atoms with Gasteiger partial charge in [0.2, 0.25) is 17.7 Å². The van der Waals surface area contributed by atoms with E-state index in [1.807, 2.05) is 18.2 Å². The quantitative estimate of drug-likeness (QED) is 0.214. The number of cyclic esters (lactones) is 1. The van der Waals surface area contributed by atoms with Crippen LogP contribution in [0, 0.1) is 11.8 Å². The molecule has 4 aliphatic heterocycles. The van der Waals surface area contributed by atoms with Gasteiger partial charge >= 0.3 is 5.97 Å². The molecule has 1 spiro atoms. The Kier molecular flexibility index (Phi) is 11.0. The molecular formula is C30H44BrN3O7. The molecule has 5 bridgehead atoms. The van der Waals surface area contributed by atoms with Crippen molar-refractivity contribution in [3.63, 3.8) is 0 Å². The van der Waals surface area contributed by atoms with Crippen LogP contribution >= 0.6 is 15.9 Å². The van der Waals surface area contributed by atoms with E-state index in [1.54, 1.807) is 16.7 Å². The Morgan fingerprint density at radius 2 is 1.80 bits per heavy atom. The van der Waals surface area contributed by atoms with E-state index in [0.29, 0.717) is 49.8 Å². The smallest absolute Gasteiger partial charge is 0.313 e. The zero-order valence-electron chi connectivity index (χ0n) is 24.2. The Labute approximate surface area is 251 Å². The molecule has 41 heavy (non-hydrogen) atoms. The number of hydrogen-bond donors (Lipinski definition) is 2. The number of carbonyl (C=O) groups is 4. The molecule has 0 aromatic carbocycles. The molecule has 4 heterocycles. The first-order valence-corrected chi connectivity index (χ1v) is 15.9. The number of aliphatic hydroxyl groups excluding tert-OH is 1. The van der Waals surface area contributed by atoms with Gasteiger partial charge in [0.1, 0.15) is 29.8 Å². The van der Waals surface area contributed by atoms with Gasteiger partial charge in [-0.3, -0.25) is 19.2 Å². The standard InChI is InChI=1S/C30H44BrN3O7/c1-3-4-9-14-33-15-10-7-8-13-22(36)32-19-20(2)40-29(39)23-24-27(37)34(16-11-5-6-12-17-35)26(28(33)38)30(24)18-21(31)25(23)41-30/h7,10,18,20,23-26,35H,3-6,8-9,11-17,19H2,1-2H3,(H,32,36)/b10-7-/t20-,23+,24-,25+,26+,30-/m1/s1. The number of nitrogens with one attached hydrogen (secondary N) is 1. The first kappa shape index (κ1) is 31.7. The Morgan fingerprint density at radius 1 is 1.05 bits per heavy atom. The summed E-state index contributed by atoms with van der Waals surface area (Å²) in [5.41, 5.74) is -1.27. The van der Waals surface area contributed by atoms with Crippen molar-refractivity contribution >= 4 is 39.6 Å². The summed E-state index contributed by atoms with van der Waals surface area (Å²) in [7, 11) is 0. The summed E-state index contributed by atoms with van der Waals surface area (Å²) in [5.74, 6) is -2.95. The fourth-order valence-corrected chi connectivity index (χ4v) is 7.21. The van der Waals surface area contributed by atoms with Crippen LogP contribution in [0.1, 0.15) is 71.6 Å². The molecule has 0 aromatic rings. The molecule has 6 atom stereocenters. The zero-order chi connectivity index (χ0) is 29.6. The van der Waals surface area contributed by atoms with Crippen molar-refractivity contribution in [1.29, 1.82) is 0 Å². The third kappa shape index (κ3) is 6.72. The van der Waals surface area contributed by atoms with E-state index in [2.05, 4.69) is 28.2 Å².